The van der Waals surface area contributed by atoms with Gasteiger partial charge in [0.25, 0.3) is 0 Å². The number of hydrogen-bond acceptors (Lipinski definition) is 1. The number of rotatable bonds is 1. The monoisotopic (exact) mass is 328 g/mol. The molecule has 0 heterocycles. The van der Waals surface area contributed by atoms with Crippen LogP contribution in [0.25, 0.3) is 0 Å². The molecule has 0 spiro atoms. The van der Waals surface area contributed by atoms with E-state index in [0.717, 1.165) is 0 Å². The van der Waals surface area contributed by atoms with Crippen molar-refractivity contribution in [1.29, 1.82) is 0 Å². The molecule has 0 radical (unpaired) electrons. The van der Waals surface area contributed by atoms with Crippen molar-refractivity contribution in [3.63, 3.8) is 0 Å². The Balaban J connectivity index is 3.62. The Morgan fingerprint density at radius 2 is 1.88 bits per heavy atom. The maximum Gasteiger partial charge on any atom is 0.161 e. The predicted molar refractivity (Wildman–Crippen MR) is 46.2 cm³/mol. The second kappa shape index (κ2) is 3.76. The lowest BCUT2D eigenvalue weighted by Gasteiger charge is -2.16. The first-order chi connectivity index (χ1) is 3.48. The van der Waals surface area contributed by atoms with E-state index in [1.165, 1.54) is 0 Å². The first-order valence-corrected chi connectivity index (χ1v) is 4.70. The summed E-state index contributed by atoms with van der Waals surface area (Å²) in [5.74, 6) is 0.182. The Hall–Kier alpha value is 1.69. The lowest BCUT2D eigenvalue weighted by molar-refractivity contribution is 0.213. The van der Waals surface area contributed by atoms with Crippen LogP contribution in [0, 0.1) is 0 Å². The third-order valence-corrected chi connectivity index (χ3v) is 2.40. The molecule has 0 aromatic heterocycles. The molecule has 0 rings (SSSR count). The van der Waals surface area contributed by atoms with E-state index in [-0.39, 0.29) is 5.88 Å². The molecule has 0 aliphatic rings. The predicted octanol–water partition coefficient (Wildman–Crippen LogP) is 2.42. The summed E-state index contributed by atoms with van der Waals surface area (Å²) in [7, 11) is 0. The molecule has 50 valence electrons. The minimum absolute atomic E-state index is 0.182. The zero-order chi connectivity index (χ0) is 6.78. The van der Waals surface area contributed by atoms with Crippen molar-refractivity contribution in [2.24, 2.45) is 0 Å². The maximum atomic E-state index is 8.92. The normalized spacial score (nSPS) is 16.1. The van der Waals surface area contributed by atoms with Gasteiger partial charge >= 0.3 is 0 Å². The molecule has 8 heavy (non-hydrogen) atoms. The zero-order valence-corrected chi connectivity index (χ0v) is 9.26. The fourth-order valence-corrected chi connectivity index (χ4v) is 1.36. The van der Waals surface area contributed by atoms with E-state index in [1.807, 2.05) is 0 Å². The van der Waals surface area contributed by atoms with Gasteiger partial charge in [-0.25, -0.2) is 0 Å². The van der Waals surface area contributed by atoms with E-state index in [2.05, 4.69) is 47.8 Å². The molecule has 0 aromatic carbocycles. The average molecular weight is 331 g/mol. The van der Waals surface area contributed by atoms with Crippen LogP contribution in [0.1, 0.15) is 0 Å². The second-order valence-electron chi connectivity index (χ2n) is 1.21. The van der Waals surface area contributed by atoms with Crippen LogP contribution in [0.15, 0.2) is 0 Å². The van der Waals surface area contributed by atoms with Gasteiger partial charge in [0.15, 0.2) is 2.14 Å². The smallest absolute Gasteiger partial charge is 0.161 e. The SMILES string of the molecule is OC(CCl)C(Br)(Br)Br. The van der Waals surface area contributed by atoms with Crippen LogP contribution in [0.3, 0.4) is 0 Å². The highest BCUT2D eigenvalue weighted by Crippen LogP contribution is 2.37. The van der Waals surface area contributed by atoms with Crippen LogP contribution in [-0.2, 0) is 0 Å². The van der Waals surface area contributed by atoms with Crippen LogP contribution in [-0.4, -0.2) is 19.2 Å². The Kier molecular flexibility index (Phi) is 4.55. The highest BCUT2D eigenvalue weighted by molar-refractivity contribution is 9.39. The molecule has 0 aliphatic carbocycles. The molecule has 0 fully saturated rings. The van der Waals surface area contributed by atoms with Gasteiger partial charge in [0.05, 0.1) is 5.88 Å². The number of aliphatic hydroxyl groups excluding tert-OH is 1. The lowest BCUT2D eigenvalue weighted by Crippen LogP contribution is -2.24. The summed E-state index contributed by atoms with van der Waals surface area (Å²) in [6.45, 7) is 0. The quantitative estimate of drug-likeness (QED) is 0.732. The molecule has 5 heteroatoms. The molecule has 0 saturated carbocycles. The van der Waals surface area contributed by atoms with Crippen molar-refractivity contribution in [3.8, 4) is 0 Å². The van der Waals surface area contributed by atoms with Crippen LogP contribution in [0.4, 0.5) is 0 Å². The van der Waals surface area contributed by atoms with Crippen molar-refractivity contribution >= 4 is 59.4 Å². The number of hydrogen-bond donors (Lipinski definition) is 1. The van der Waals surface area contributed by atoms with Crippen LogP contribution >= 0.6 is 59.4 Å². The summed E-state index contributed by atoms with van der Waals surface area (Å²) in [6, 6.07) is 0. The summed E-state index contributed by atoms with van der Waals surface area (Å²) in [4.78, 5) is 0. The van der Waals surface area contributed by atoms with E-state index in [0.29, 0.717) is 0 Å². The van der Waals surface area contributed by atoms with Gasteiger partial charge in [-0.3, -0.25) is 0 Å². The van der Waals surface area contributed by atoms with Crippen LogP contribution in [0.2, 0.25) is 0 Å². The van der Waals surface area contributed by atoms with Gasteiger partial charge in [0.2, 0.25) is 0 Å². The molecular weight excluding hydrogens is 327 g/mol. The van der Waals surface area contributed by atoms with Gasteiger partial charge in [0.1, 0.15) is 6.10 Å². The molecule has 0 bridgehead atoms. The summed E-state index contributed by atoms with van der Waals surface area (Å²) in [5.41, 5.74) is 0. The lowest BCUT2D eigenvalue weighted by atomic mass is 10.5. The van der Waals surface area contributed by atoms with E-state index in [4.69, 9.17) is 16.7 Å². The number of aliphatic hydroxyl groups is 1. The Morgan fingerprint density at radius 1 is 1.50 bits per heavy atom. The standard InChI is InChI=1S/C3H4Br3ClO/c4-3(5,6)2(8)1-7/h2,8H,1H2. The van der Waals surface area contributed by atoms with Crippen molar-refractivity contribution in [2.45, 2.75) is 8.25 Å². The summed E-state index contributed by atoms with van der Waals surface area (Å²) in [5, 5.41) is 8.92. The van der Waals surface area contributed by atoms with Crippen LogP contribution < -0.4 is 0 Å². The third-order valence-electron chi connectivity index (χ3n) is 0.524. The van der Waals surface area contributed by atoms with Gasteiger partial charge in [0, 0.05) is 0 Å². The summed E-state index contributed by atoms with van der Waals surface area (Å²) in [6.07, 6.45) is -0.635. The zero-order valence-electron chi connectivity index (χ0n) is 3.74. The molecule has 0 aliphatic heterocycles. The summed E-state index contributed by atoms with van der Waals surface area (Å²) >= 11 is 14.6. The fraction of sp³-hybridized carbons (Fsp3) is 1.00. The molecule has 1 atom stereocenters. The van der Waals surface area contributed by atoms with Crippen molar-refractivity contribution in [1.82, 2.24) is 0 Å². The Bertz CT molecular complexity index is 71.4. The van der Waals surface area contributed by atoms with Gasteiger partial charge in [-0.05, 0) is 0 Å². The van der Waals surface area contributed by atoms with Gasteiger partial charge in [-0.2, -0.15) is 0 Å². The average Bonchev–Trinajstić information content (AvgIpc) is 1.62. The van der Waals surface area contributed by atoms with Crippen molar-refractivity contribution < 1.29 is 5.11 Å². The molecule has 0 amide bonds. The van der Waals surface area contributed by atoms with Crippen LogP contribution in [0.5, 0.6) is 0 Å². The van der Waals surface area contributed by atoms with Crippen molar-refractivity contribution in [2.75, 3.05) is 5.88 Å². The minimum Gasteiger partial charge on any atom is -0.389 e. The Labute approximate surface area is 78.2 Å². The highest BCUT2D eigenvalue weighted by Gasteiger charge is 2.27. The van der Waals surface area contributed by atoms with E-state index >= 15 is 0 Å². The van der Waals surface area contributed by atoms with Gasteiger partial charge < -0.3 is 5.11 Å². The number of alkyl halides is 4. The minimum atomic E-state index is -0.635. The first kappa shape index (κ1) is 9.69. The third kappa shape index (κ3) is 3.67. The highest BCUT2D eigenvalue weighted by atomic mass is 80.0. The van der Waals surface area contributed by atoms with E-state index in [1.54, 1.807) is 0 Å². The molecule has 1 N–H and O–H groups in total. The first-order valence-electron chi connectivity index (χ1n) is 1.79. The maximum absolute atomic E-state index is 8.92. The van der Waals surface area contributed by atoms with Gasteiger partial charge in [-0.1, -0.05) is 47.8 Å². The molecule has 0 aromatic rings. The topological polar surface area (TPSA) is 20.2 Å². The summed E-state index contributed by atoms with van der Waals surface area (Å²) < 4.78 is -0.630. The molecule has 0 saturated heterocycles. The molecular formula is C3H4Br3ClO. The molecule has 1 nitrogen and oxygen atoms in total. The largest absolute Gasteiger partial charge is 0.389 e. The van der Waals surface area contributed by atoms with E-state index in [9.17, 15) is 0 Å². The second-order valence-corrected chi connectivity index (χ2v) is 8.47. The number of halogens is 4. The Morgan fingerprint density at radius 3 is 1.88 bits per heavy atom. The van der Waals surface area contributed by atoms with Crippen molar-refractivity contribution in [3.05, 3.63) is 0 Å². The van der Waals surface area contributed by atoms with Gasteiger partial charge in [-0.15, -0.1) is 11.6 Å². The van der Waals surface area contributed by atoms with E-state index < -0.39 is 8.25 Å². The molecule has 1 unspecified atom stereocenters. The fourth-order valence-electron chi connectivity index (χ4n) is 0.0875.